The standard InChI is InChI=1S/C23H20F2N8O2S/c1-9-5-10(2)33-21(29-9)14(8-28-33)22(35)31-17-16-12(13-7-27-32(4)11(13)3)6-15(19(24)25)30-23(16)36-18(17)20(26)34/h5-8,19H,1-4H3,(H2,26,34)(H,31,35). The summed E-state index contributed by atoms with van der Waals surface area (Å²) in [6, 6.07) is 3.07. The first kappa shape index (κ1) is 23.5. The maximum absolute atomic E-state index is 13.7. The van der Waals surface area contributed by atoms with E-state index in [9.17, 15) is 18.4 Å². The zero-order valence-electron chi connectivity index (χ0n) is 19.6. The summed E-state index contributed by atoms with van der Waals surface area (Å²) in [6.07, 6.45) is 0.0635. The number of aryl methyl sites for hydroxylation is 3. The van der Waals surface area contributed by atoms with Crippen LogP contribution >= 0.6 is 11.3 Å². The summed E-state index contributed by atoms with van der Waals surface area (Å²) in [4.78, 5) is 34.4. The van der Waals surface area contributed by atoms with Crippen molar-refractivity contribution < 1.29 is 18.4 Å². The van der Waals surface area contributed by atoms with Crippen LogP contribution in [0.25, 0.3) is 27.0 Å². The summed E-state index contributed by atoms with van der Waals surface area (Å²) >= 11 is 0.835. The van der Waals surface area contributed by atoms with Crippen molar-refractivity contribution in [3.63, 3.8) is 0 Å². The molecule has 0 spiro atoms. The third kappa shape index (κ3) is 3.68. The number of pyridine rings is 1. The average Bonchev–Trinajstić information content (AvgIpc) is 3.49. The summed E-state index contributed by atoms with van der Waals surface area (Å²) in [7, 11) is 1.72. The molecule has 36 heavy (non-hydrogen) atoms. The van der Waals surface area contributed by atoms with Crippen LogP contribution in [-0.2, 0) is 7.05 Å². The quantitative estimate of drug-likeness (QED) is 0.368. The molecular weight excluding hydrogens is 490 g/mol. The van der Waals surface area contributed by atoms with Gasteiger partial charge in [0.2, 0.25) is 0 Å². The number of aromatic nitrogens is 6. The second-order valence-electron chi connectivity index (χ2n) is 8.30. The van der Waals surface area contributed by atoms with Crippen LogP contribution in [0.4, 0.5) is 14.5 Å². The molecule has 0 fully saturated rings. The van der Waals surface area contributed by atoms with E-state index in [1.807, 2.05) is 13.0 Å². The lowest BCUT2D eigenvalue weighted by molar-refractivity contribution is 0.100. The van der Waals surface area contributed by atoms with Crippen LogP contribution in [0.15, 0.2) is 24.5 Å². The first-order valence-electron chi connectivity index (χ1n) is 10.7. The van der Waals surface area contributed by atoms with Crippen LogP contribution in [0.1, 0.15) is 49.2 Å². The normalized spacial score (nSPS) is 11.6. The van der Waals surface area contributed by atoms with Crippen LogP contribution in [-0.4, -0.2) is 41.2 Å². The lowest BCUT2D eigenvalue weighted by Crippen LogP contribution is -2.17. The Balaban J connectivity index is 1.74. The average molecular weight is 511 g/mol. The van der Waals surface area contributed by atoms with E-state index in [1.165, 1.54) is 23.0 Å². The van der Waals surface area contributed by atoms with Gasteiger partial charge >= 0.3 is 0 Å². The summed E-state index contributed by atoms with van der Waals surface area (Å²) in [5, 5.41) is 11.5. The monoisotopic (exact) mass is 510 g/mol. The van der Waals surface area contributed by atoms with Crippen LogP contribution < -0.4 is 11.1 Å². The number of carbonyl (C=O) groups excluding carboxylic acids is 2. The smallest absolute Gasteiger partial charge is 0.280 e. The Bertz CT molecular complexity index is 1700. The molecule has 0 radical (unpaired) electrons. The van der Waals surface area contributed by atoms with Gasteiger partial charge in [0.15, 0.2) is 5.65 Å². The minimum absolute atomic E-state index is 0.0168. The Kier molecular flexibility index (Phi) is 5.51. The van der Waals surface area contributed by atoms with E-state index in [2.05, 4.69) is 25.5 Å². The van der Waals surface area contributed by atoms with Crippen LogP contribution in [0.2, 0.25) is 0 Å². The molecule has 0 aliphatic rings. The number of nitrogens with zero attached hydrogens (tertiary/aromatic N) is 6. The second-order valence-corrected chi connectivity index (χ2v) is 9.30. The molecule has 10 nitrogen and oxygen atoms in total. The Morgan fingerprint density at radius 3 is 2.47 bits per heavy atom. The van der Waals surface area contributed by atoms with Gasteiger partial charge in [0.1, 0.15) is 21.0 Å². The Hall–Kier alpha value is -4.26. The van der Waals surface area contributed by atoms with Gasteiger partial charge in [-0.25, -0.2) is 23.3 Å². The fraction of sp³-hybridized carbons (Fsp3) is 0.217. The van der Waals surface area contributed by atoms with Crippen LogP contribution in [0.5, 0.6) is 0 Å². The molecule has 0 bridgehead atoms. The predicted octanol–water partition coefficient (Wildman–Crippen LogP) is 3.95. The molecule has 0 atom stereocenters. The second kappa shape index (κ2) is 8.45. The summed E-state index contributed by atoms with van der Waals surface area (Å²) in [5.74, 6) is -1.41. The van der Waals surface area contributed by atoms with Gasteiger partial charge < -0.3 is 11.1 Å². The molecule has 13 heteroatoms. The highest BCUT2D eigenvalue weighted by atomic mass is 32.1. The van der Waals surface area contributed by atoms with Gasteiger partial charge in [0, 0.05) is 35.1 Å². The zero-order valence-corrected chi connectivity index (χ0v) is 20.4. The maximum Gasteiger partial charge on any atom is 0.280 e. The number of thiophene rings is 1. The van der Waals surface area contributed by atoms with Crippen molar-refractivity contribution in [1.29, 1.82) is 0 Å². The van der Waals surface area contributed by atoms with Crippen molar-refractivity contribution in [3.8, 4) is 11.1 Å². The first-order valence-corrected chi connectivity index (χ1v) is 11.6. The molecule has 0 saturated heterocycles. The molecule has 184 valence electrons. The number of anilines is 1. The first-order chi connectivity index (χ1) is 17.1. The number of nitrogens with two attached hydrogens (primary N) is 1. The molecule has 0 unspecified atom stereocenters. The number of fused-ring (bicyclic) bond motifs is 2. The van der Waals surface area contributed by atoms with Crippen LogP contribution in [0.3, 0.4) is 0 Å². The van der Waals surface area contributed by atoms with Gasteiger partial charge in [-0.05, 0) is 38.5 Å². The highest BCUT2D eigenvalue weighted by Gasteiger charge is 2.27. The number of hydrogen-bond donors (Lipinski definition) is 2. The minimum atomic E-state index is -2.85. The molecular formula is C23H20F2N8O2S. The fourth-order valence-corrected chi connectivity index (χ4v) is 5.12. The molecule has 2 amide bonds. The minimum Gasteiger partial charge on any atom is -0.365 e. The lowest BCUT2D eigenvalue weighted by atomic mass is 10.0. The third-order valence-corrected chi connectivity index (χ3v) is 7.01. The number of primary amides is 1. The highest BCUT2D eigenvalue weighted by Crippen LogP contribution is 2.43. The molecule has 3 N–H and O–H groups in total. The Morgan fingerprint density at radius 1 is 1.08 bits per heavy atom. The number of amides is 2. The van der Waals surface area contributed by atoms with Crippen molar-refractivity contribution in [2.24, 2.45) is 12.8 Å². The fourth-order valence-electron chi connectivity index (χ4n) is 4.11. The molecule has 5 rings (SSSR count). The molecule has 5 heterocycles. The van der Waals surface area contributed by atoms with Gasteiger partial charge in [0.05, 0.1) is 18.1 Å². The van der Waals surface area contributed by atoms with Gasteiger partial charge in [-0.2, -0.15) is 10.2 Å². The topological polar surface area (TPSA) is 133 Å². The Morgan fingerprint density at radius 2 is 1.83 bits per heavy atom. The number of hydrogen-bond acceptors (Lipinski definition) is 7. The lowest BCUT2D eigenvalue weighted by Gasteiger charge is -2.10. The number of alkyl halides is 2. The largest absolute Gasteiger partial charge is 0.365 e. The van der Waals surface area contributed by atoms with Gasteiger partial charge in [-0.15, -0.1) is 11.3 Å². The van der Waals surface area contributed by atoms with Crippen molar-refractivity contribution in [2.45, 2.75) is 27.2 Å². The van der Waals surface area contributed by atoms with E-state index >= 15 is 0 Å². The third-order valence-electron chi connectivity index (χ3n) is 5.92. The number of halogens is 2. The summed E-state index contributed by atoms with van der Waals surface area (Å²) < 4.78 is 30.6. The maximum atomic E-state index is 13.7. The van der Waals surface area contributed by atoms with E-state index < -0.39 is 23.9 Å². The van der Waals surface area contributed by atoms with Gasteiger partial charge in [-0.1, -0.05) is 0 Å². The van der Waals surface area contributed by atoms with Crippen molar-refractivity contribution >= 4 is 44.7 Å². The summed E-state index contributed by atoms with van der Waals surface area (Å²) in [6.45, 7) is 5.42. The van der Waals surface area contributed by atoms with Crippen molar-refractivity contribution in [1.82, 2.24) is 29.4 Å². The predicted molar refractivity (Wildman–Crippen MR) is 130 cm³/mol. The molecule has 0 aromatic carbocycles. The molecule has 0 saturated carbocycles. The molecule has 0 aliphatic heterocycles. The van der Waals surface area contributed by atoms with Crippen molar-refractivity contribution in [2.75, 3.05) is 5.32 Å². The molecule has 0 aliphatic carbocycles. The number of carbonyl (C=O) groups is 2. The zero-order chi connectivity index (χ0) is 25.9. The summed E-state index contributed by atoms with van der Waals surface area (Å²) in [5.41, 5.74) is 8.85. The van der Waals surface area contributed by atoms with Gasteiger partial charge in [0.25, 0.3) is 18.2 Å². The van der Waals surface area contributed by atoms with Crippen molar-refractivity contribution in [3.05, 3.63) is 57.7 Å². The van der Waals surface area contributed by atoms with E-state index in [0.29, 0.717) is 33.5 Å². The number of rotatable bonds is 5. The van der Waals surface area contributed by atoms with E-state index in [-0.39, 0.29) is 21.0 Å². The molecule has 5 aromatic rings. The molecule has 5 aromatic heterocycles. The SMILES string of the molecule is Cc1cc(C)n2ncc(C(=O)Nc3c(C(N)=O)sc4nc(C(F)F)cc(-c5cnn(C)c5C)c34)c2n1. The highest BCUT2D eigenvalue weighted by molar-refractivity contribution is 7.21. The van der Waals surface area contributed by atoms with E-state index in [4.69, 9.17) is 5.73 Å². The van der Waals surface area contributed by atoms with Gasteiger partial charge in [-0.3, -0.25) is 14.3 Å². The Labute approximate surface area is 206 Å². The number of nitrogens with one attached hydrogen (secondary N) is 1. The van der Waals surface area contributed by atoms with E-state index in [0.717, 1.165) is 17.0 Å². The van der Waals surface area contributed by atoms with Crippen LogP contribution in [0, 0.1) is 20.8 Å². The van der Waals surface area contributed by atoms with E-state index in [1.54, 1.807) is 25.6 Å².